The van der Waals surface area contributed by atoms with Crippen LogP contribution in [0, 0.1) is 0 Å². The van der Waals surface area contributed by atoms with Crippen molar-refractivity contribution < 1.29 is 21.9 Å². The van der Waals surface area contributed by atoms with Crippen LogP contribution in [0.3, 0.4) is 0 Å². The second-order valence-corrected chi connectivity index (χ2v) is 8.36. The van der Waals surface area contributed by atoms with Crippen LogP contribution in [0.2, 0.25) is 0 Å². The maximum absolute atomic E-state index is 11.3. The van der Waals surface area contributed by atoms with Gasteiger partial charge in [-0.3, -0.25) is 9.35 Å². The summed E-state index contributed by atoms with van der Waals surface area (Å²) in [4.78, 5) is 11.3. The predicted octanol–water partition coefficient (Wildman–Crippen LogP) is 5.18. The third kappa shape index (κ3) is 19.9. The van der Waals surface area contributed by atoms with E-state index in [1.54, 1.807) is 0 Å². The van der Waals surface area contributed by atoms with Gasteiger partial charge >= 0.3 is 10.4 Å². The monoisotopic (exact) mass is 407 g/mol. The first-order valence-electron chi connectivity index (χ1n) is 10.8. The van der Waals surface area contributed by atoms with E-state index in [0.717, 1.165) is 64.2 Å². The third-order valence-corrected chi connectivity index (χ3v) is 5.21. The lowest BCUT2D eigenvalue weighted by Gasteiger charge is -2.15. The molecule has 2 N–H and O–H groups in total. The summed E-state index contributed by atoms with van der Waals surface area (Å²) >= 11 is 0. The Balaban J connectivity index is 3.67. The second-order valence-electron chi connectivity index (χ2n) is 7.32. The number of carbonyl (C=O) groups excluding carboxylic acids is 1. The summed E-state index contributed by atoms with van der Waals surface area (Å²) in [7, 11) is -4.36. The van der Waals surface area contributed by atoms with E-state index in [1.165, 1.54) is 12.8 Å². The number of rotatable bonds is 19. The van der Waals surface area contributed by atoms with Gasteiger partial charge in [0.1, 0.15) is 0 Å². The molecule has 0 radical (unpaired) electrons. The van der Waals surface area contributed by atoms with E-state index in [1.807, 2.05) is 6.92 Å². The van der Waals surface area contributed by atoms with Crippen LogP contribution in [0.15, 0.2) is 0 Å². The number of carbonyl (C=O) groups is 1. The molecular weight excluding hydrogens is 366 g/mol. The summed E-state index contributed by atoms with van der Waals surface area (Å²) in [6.07, 6.45) is 14.5. The molecule has 0 rings (SSSR count). The molecule has 0 aliphatic heterocycles. The van der Waals surface area contributed by atoms with Gasteiger partial charge in [0.15, 0.2) is 0 Å². The minimum atomic E-state index is -4.36. The molecule has 1 atom stereocenters. The molecule has 0 heterocycles. The Hall–Kier alpha value is -0.660. The lowest BCUT2D eigenvalue weighted by molar-refractivity contribution is -0.121. The maximum atomic E-state index is 11.3. The van der Waals surface area contributed by atoms with E-state index < -0.39 is 16.5 Å². The minimum absolute atomic E-state index is 0.147. The number of amides is 1. The standard InChI is InChI=1S/C20H41NO5S/c1-3-5-6-13-16-19(26-27(23,24)25)17-14-11-9-7-8-10-12-15-18-20(22)21-4-2/h19H,3-18H2,1-2H3,(H,21,22)(H,23,24,25). The van der Waals surface area contributed by atoms with Gasteiger partial charge in [-0.15, -0.1) is 0 Å². The third-order valence-electron chi connectivity index (χ3n) is 4.69. The fraction of sp³-hybridized carbons (Fsp3) is 0.950. The molecule has 162 valence electrons. The van der Waals surface area contributed by atoms with Gasteiger partial charge in [-0.1, -0.05) is 77.6 Å². The SMILES string of the molecule is CCCCCCC(CCCCCCCCCCC(=O)NCC)OS(=O)(=O)O. The van der Waals surface area contributed by atoms with Gasteiger partial charge in [-0.2, -0.15) is 8.42 Å². The second kappa shape index (κ2) is 17.4. The van der Waals surface area contributed by atoms with Gasteiger partial charge in [0, 0.05) is 13.0 Å². The van der Waals surface area contributed by atoms with Gasteiger partial charge in [-0.05, 0) is 26.2 Å². The summed E-state index contributed by atoms with van der Waals surface area (Å²) in [6, 6.07) is 0. The lowest BCUT2D eigenvalue weighted by atomic mass is 10.0. The van der Waals surface area contributed by atoms with Crippen molar-refractivity contribution in [3.63, 3.8) is 0 Å². The van der Waals surface area contributed by atoms with E-state index in [9.17, 15) is 13.2 Å². The average molecular weight is 408 g/mol. The Morgan fingerprint density at radius 2 is 1.33 bits per heavy atom. The van der Waals surface area contributed by atoms with Crippen molar-refractivity contribution in [1.82, 2.24) is 5.32 Å². The maximum Gasteiger partial charge on any atom is 0.397 e. The molecule has 0 saturated carbocycles. The zero-order valence-electron chi connectivity index (χ0n) is 17.4. The number of hydrogen-bond acceptors (Lipinski definition) is 4. The Morgan fingerprint density at radius 3 is 1.81 bits per heavy atom. The van der Waals surface area contributed by atoms with Gasteiger partial charge < -0.3 is 5.32 Å². The molecule has 0 aliphatic carbocycles. The van der Waals surface area contributed by atoms with E-state index in [2.05, 4.69) is 12.2 Å². The van der Waals surface area contributed by atoms with E-state index in [0.29, 0.717) is 25.8 Å². The van der Waals surface area contributed by atoms with E-state index >= 15 is 0 Å². The summed E-state index contributed by atoms with van der Waals surface area (Å²) in [5, 5.41) is 2.81. The molecular formula is C20H41NO5S. The van der Waals surface area contributed by atoms with Gasteiger partial charge in [0.05, 0.1) is 6.10 Å². The van der Waals surface area contributed by atoms with Gasteiger partial charge in [0.2, 0.25) is 5.91 Å². The highest BCUT2D eigenvalue weighted by atomic mass is 32.3. The molecule has 0 aromatic rings. The largest absolute Gasteiger partial charge is 0.397 e. The minimum Gasteiger partial charge on any atom is -0.356 e. The molecule has 0 aromatic carbocycles. The van der Waals surface area contributed by atoms with Crippen LogP contribution in [0.25, 0.3) is 0 Å². The molecule has 0 aromatic heterocycles. The van der Waals surface area contributed by atoms with E-state index in [4.69, 9.17) is 8.74 Å². The topological polar surface area (TPSA) is 92.7 Å². The van der Waals surface area contributed by atoms with Gasteiger partial charge in [0.25, 0.3) is 0 Å². The molecule has 0 fully saturated rings. The number of unbranched alkanes of at least 4 members (excludes halogenated alkanes) is 10. The average Bonchev–Trinajstić information content (AvgIpc) is 2.59. The van der Waals surface area contributed by atoms with Gasteiger partial charge in [-0.25, -0.2) is 4.18 Å². The smallest absolute Gasteiger partial charge is 0.356 e. The molecule has 1 unspecified atom stereocenters. The highest BCUT2D eigenvalue weighted by Crippen LogP contribution is 2.18. The molecule has 0 aliphatic rings. The highest BCUT2D eigenvalue weighted by molar-refractivity contribution is 7.80. The lowest BCUT2D eigenvalue weighted by Crippen LogP contribution is -2.21. The van der Waals surface area contributed by atoms with Crippen LogP contribution < -0.4 is 5.32 Å². The Labute approximate surface area is 166 Å². The fourth-order valence-corrected chi connectivity index (χ4v) is 3.75. The molecule has 27 heavy (non-hydrogen) atoms. The first-order chi connectivity index (χ1) is 12.9. The van der Waals surface area contributed by atoms with Crippen LogP contribution in [0.1, 0.15) is 110 Å². The zero-order chi connectivity index (χ0) is 20.4. The van der Waals surface area contributed by atoms with E-state index in [-0.39, 0.29) is 5.91 Å². The Morgan fingerprint density at radius 1 is 0.852 bits per heavy atom. The van der Waals surface area contributed by atoms with Crippen molar-refractivity contribution >= 4 is 16.3 Å². The van der Waals surface area contributed by atoms with Crippen molar-refractivity contribution in [2.24, 2.45) is 0 Å². The summed E-state index contributed by atoms with van der Waals surface area (Å²) in [5.74, 6) is 0.147. The highest BCUT2D eigenvalue weighted by Gasteiger charge is 2.16. The van der Waals surface area contributed by atoms with Crippen molar-refractivity contribution in [3.05, 3.63) is 0 Å². The molecule has 1 amide bonds. The molecule has 7 heteroatoms. The number of nitrogens with one attached hydrogen (secondary N) is 1. The first-order valence-corrected chi connectivity index (χ1v) is 12.2. The molecule has 0 bridgehead atoms. The zero-order valence-corrected chi connectivity index (χ0v) is 18.2. The quantitative estimate of drug-likeness (QED) is 0.227. The first kappa shape index (κ1) is 26.3. The normalized spacial score (nSPS) is 12.9. The van der Waals surface area contributed by atoms with Crippen molar-refractivity contribution in [1.29, 1.82) is 0 Å². The Kier molecular flexibility index (Phi) is 17.0. The van der Waals surface area contributed by atoms with Crippen LogP contribution in [-0.2, 0) is 19.4 Å². The van der Waals surface area contributed by atoms with Crippen molar-refractivity contribution in [3.8, 4) is 0 Å². The summed E-state index contributed by atoms with van der Waals surface area (Å²) < 4.78 is 35.7. The van der Waals surface area contributed by atoms with Crippen LogP contribution in [0.5, 0.6) is 0 Å². The summed E-state index contributed by atoms with van der Waals surface area (Å²) in [6.45, 7) is 4.77. The van der Waals surface area contributed by atoms with Crippen molar-refractivity contribution in [2.75, 3.05) is 6.54 Å². The summed E-state index contributed by atoms with van der Waals surface area (Å²) in [5.41, 5.74) is 0. The van der Waals surface area contributed by atoms with Crippen LogP contribution in [0.4, 0.5) is 0 Å². The Bertz CT molecular complexity index is 453. The van der Waals surface area contributed by atoms with Crippen molar-refractivity contribution in [2.45, 2.75) is 116 Å². The molecule has 0 spiro atoms. The predicted molar refractivity (Wildman–Crippen MR) is 110 cm³/mol. The fourth-order valence-electron chi connectivity index (χ4n) is 3.22. The van der Waals surface area contributed by atoms with Crippen LogP contribution >= 0.6 is 0 Å². The molecule has 6 nitrogen and oxygen atoms in total. The van der Waals surface area contributed by atoms with Crippen LogP contribution in [-0.4, -0.2) is 31.5 Å². The molecule has 0 saturated heterocycles. The number of hydrogen-bond donors (Lipinski definition) is 2.